The van der Waals surface area contributed by atoms with Crippen LogP contribution in [-0.4, -0.2) is 29.9 Å². The second-order valence-corrected chi connectivity index (χ2v) is 4.67. The molecule has 3 heteroatoms. The zero-order valence-corrected chi connectivity index (χ0v) is 10.0. The molecular weight excluding hydrogens is 188 g/mol. The summed E-state index contributed by atoms with van der Waals surface area (Å²) in [6, 6.07) is 0.505. The highest BCUT2D eigenvalue weighted by Crippen LogP contribution is 2.21. The van der Waals surface area contributed by atoms with Gasteiger partial charge in [-0.2, -0.15) is 0 Å². The summed E-state index contributed by atoms with van der Waals surface area (Å²) in [7, 11) is 0. The zero-order chi connectivity index (χ0) is 11.3. The van der Waals surface area contributed by atoms with Gasteiger partial charge < -0.3 is 10.6 Å². The minimum absolute atomic E-state index is 0.333. The van der Waals surface area contributed by atoms with Crippen LogP contribution >= 0.6 is 0 Å². The Morgan fingerprint density at radius 1 is 1.60 bits per heavy atom. The molecule has 0 aliphatic carbocycles. The SMILES string of the molecule is CCC1CCCN1C(=O)CCC(C)CN. The lowest BCUT2D eigenvalue weighted by Gasteiger charge is -2.24. The van der Waals surface area contributed by atoms with Crippen LogP contribution in [0.5, 0.6) is 0 Å². The van der Waals surface area contributed by atoms with Gasteiger partial charge in [-0.3, -0.25) is 4.79 Å². The van der Waals surface area contributed by atoms with Gasteiger partial charge in [0, 0.05) is 19.0 Å². The fourth-order valence-electron chi connectivity index (χ4n) is 2.22. The maximum atomic E-state index is 11.9. The number of rotatable bonds is 5. The molecule has 0 spiro atoms. The van der Waals surface area contributed by atoms with Crippen molar-refractivity contribution in [1.29, 1.82) is 0 Å². The van der Waals surface area contributed by atoms with Crippen molar-refractivity contribution in [1.82, 2.24) is 4.90 Å². The maximum absolute atomic E-state index is 11.9. The molecule has 15 heavy (non-hydrogen) atoms. The highest BCUT2D eigenvalue weighted by molar-refractivity contribution is 5.76. The van der Waals surface area contributed by atoms with Crippen LogP contribution in [0.1, 0.15) is 46.0 Å². The Hall–Kier alpha value is -0.570. The molecule has 1 saturated heterocycles. The van der Waals surface area contributed by atoms with Gasteiger partial charge in [-0.05, 0) is 38.1 Å². The minimum Gasteiger partial charge on any atom is -0.340 e. The molecule has 0 aromatic rings. The standard InChI is InChI=1S/C12H24N2O/c1-3-11-5-4-8-14(11)12(15)7-6-10(2)9-13/h10-11H,3-9,13H2,1-2H3. The van der Waals surface area contributed by atoms with Crippen molar-refractivity contribution in [2.24, 2.45) is 11.7 Å². The van der Waals surface area contributed by atoms with E-state index in [9.17, 15) is 4.79 Å². The van der Waals surface area contributed by atoms with Crippen LogP contribution in [0.4, 0.5) is 0 Å². The normalized spacial score (nSPS) is 23.1. The van der Waals surface area contributed by atoms with Gasteiger partial charge in [-0.1, -0.05) is 13.8 Å². The summed E-state index contributed by atoms with van der Waals surface area (Å²) >= 11 is 0. The van der Waals surface area contributed by atoms with Crippen molar-refractivity contribution < 1.29 is 4.79 Å². The van der Waals surface area contributed by atoms with E-state index in [2.05, 4.69) is 18.7 Å². The third-order valence-corrected chi connectivity index (χ3v) is 3.42. The lowest BCUT2D eigenvalue weighted by atomic mass is 10.1. The van der Waals surface area contributed by atoms with E-state index in [1.807, 2.05) is 0 Å². The molecule has 1 fully saturated rings. The van der Waals surface area contributed by atoms with Crippen LogP contribution in [0, 0.1) is 5.92 Å². The van der Waals surface area contributed by atoms with E-state index in [1.54, 1.807) is 0 Å². The van der Waals surface area contributed by atoms with Gasteiger partial charge in [0.05, 0.1) is 0 Å². The smallest absolute Gasteiger partial charge is 0.222 e. The fraction of sp³-hybridized carbons (Fsp3) is 0.917. The van der Waals surface area contributed by atoms with Crippen LogP contribution in [-0.2, 0) is 4.79 Å². The quantitative estimate of drug-likeness (QED) is 0.755. The Labute approximate surface area is 93.0 Å². The Morgan fingerprint density at radius 2 is 2.33 bits per heavy atom. The van der Waals surface area contributed by atoms with E-state index >= 15 is 0 Å². The molecule has 1 aliphatic rings. The van der Waals surface area contributed by atoms with E-state index in [0.717, 1.165) is 19.4 Å². The van der Waals surface area contributed by atoms with Crippen LogP contribution in [0.3, 0.4) is 0 Å². The topological polar surface area (TPSA) is 46.3 Å². The predicted octanol–water partition coefficient (Wildman–Crippen LogP) is 1.76. The minimum atomic E-state index is 0.333. The maximum Gasteiger partial charge on any atom is 0.222 e. The van der Waals surface area contributed by atoms with E-state index in [1.165, 1.54) is 12.8 Å². The number of nitrogens with zero attached hydrogens (tertiary/aromatic N) is 1. The second kappa shape index (κ2) is 6.11. The summed E-state index contributed by atoms with van der Waals surface area (Å²) in [5, 5.41) is 0. The van der Waals surface area contributed by atoms with Crippen molar-refractivity contribution in [2.75, 3.05) is 13.1 Å². The molecule has 1 aliphatic heterocycles. The molecule has 2 N–H and O–H groups in total. The summed E-state index contributed by atoms with van der Waals surface area (Å²) in [6.45, 7) is 5.92. The molecule has 0 aromatic carbocycles. The van der Waals surface area contributed by atoms with Gasteiger partial charge >= 0.3 is 0 Å². The number of carbonyl (C=O) groups excluding carboxylic acids is 1. The average molecular weight is 212 g/mol. The molecule has 0 saturated carbocycles. The molecule has 1 heterocycles. The highest BCUT2D eigenvalue weighted by atomic mass is 16.2. The Bertz CT molecular complexity index is 206. The van der Waals surface area contributed by atoms with Crippen LogP contribution in [0.25, 0.3) is 0 Å². The number of hydrogen-bond donors (Lipinski definition) is 1. The molecule has 0 bridgehead atoms. The largest absolute Gasteiger partial charge is 0.340 e. The van der Waals surface area contributed by atoms with Gasteiger partial charge in [0.25, 0.3) is 0 Å². The molecule has 2 unspecified atom stereocenters. The molecular formula is C12H24N2O. The van der Waals surface area contributed by atoms with Gasteiger partial charge in [0.2, 0.25) is 5.91 Å². The third kappa shape index (κ3) is 3.49. The van der Waals surface area contributed by atoms with E-state index in [0.29, 0.717) is 30.8 Å². The van der Waals surface area contributed by atoms with E-state index in [4.69, 9.17) is 5.73 Å². The zero-order valence-electron chi connectivity index (χ0n) is 10.0. The predicted molar refractivity (Wildman–Crippen MR) is 62.5 cm³/mol. The van der Waals surface area contributed by atoms with Crippen LogP contribution in [0.2, 0.25) is 0 Å². The lowest BCUT2D eigenvalue weighted by Crippen LogP contribution is -2.35. The molecule has 88 valence electrons. The first-order valence-corrected chi connectivity index (χ1v) is 6.18. The monoisotopic (exact) mass is 212 g/mol. The molecule has 3 nitrogen and oxygen atoms in total. The fourth-order valence-corrected chi connectivity index (χ4v) is 2.22. The van der Waals surface area contributed by atoms with Crippen molar-refractivity contribution in [3.8, 4) is 0 Å². The van der Waals surface area contributed by atoms with E-state index in [-0.39, 0.29) is 0 Å². The van der Waals surface area contributed by atoms with Crippen molar-refractivity contribution >= 4 is 5.91 Å². The van der Waals surface area contributed by atoms with Crippen LogP contribution in [0.15, 0.2) is 0 Å². The summed E-state index contributed by atoms with van der Waals surface area (Å²) in [4.78, 5) is 14.0. The van der Waals surface area contributed by atoms with Crippen LogP contribution < -0.4 is 5.73 Å². The Morgan fingerprint density at radius 3 is 2.93 bits per heavy atom. The van der Waals surface area contributed by atoms with Crippen molar-refractivity contribution in [3.05, 3.63) is 0 Å². The van der Waals surface area contributed by atoms with Crippen molar-refractivity contribution in [2.45, 2.75) is 52.0 Å². The number of amides is 1. The number of hydrogen-bond acceptors (Lipinski definition) is 2. The molecule has 1 amide bonds. The average Bonchev–Trinajstić information content (AvgIpc) is 2.73. The molecule has 2 atom stereocenters. The lowest BCUT2D eigenvalue weighted by molar-refractivity contribution is -0.132. The van der Waals surface area contributed by atoms with Crippen molar-refractivity contribution in [3.63, 3.8) is 0 Å². The summed E-state index contributed by atoms with van der Waals surface area (Å²) in [5.41, 5.74) is 5.54. The van der Waals surface area contributed by atoms with E-state index < -0.39 is 0 Å². The number of likely N-dealkylation sites (tertiary alicyclic amines) is 1. The summed E-state index contributed by atoms with van der Waals surface area (Å²) < 4.78 is 0. The highest BCUT2D eigenvalue weighted by Gasteiger charge is 2.26. The molecule has 1 rings (SSSR count). The second-order valence-electron chi connectivity index (χ2n) is 4.67. The Balaban J connectivity index is 2.33. The van der Waals surface area contributed by atoms with Gasteiger partial charge in [-0.15, -0.1) is 0 Å². The first kappa shape index (κ1) is 12.5. The third-order valence-electron chi connectivity index (χ3n) is 3.42. The first-order chi connectivity index (χ1) is 7.19. The first-order valence-electron chi connectivity index (χ1n) is 6.18. The summed E-state index contributed by atoms with van der Waals surface area (Å²) in [5.74, 6) is 0.802. The van der Waals surface area contributed by atoms with Gasteiger partial charge in [0.1, 0.15) is 0 Å². The molecule has 0 radical (unpaired) electrons. The Kier molecular flexibility index (Phi) is 5.09. The number of carbonyl (C=O) groups is 1. The molecule has 0 aromatic heterocycles. The van der Waals surface area contributed by atoms with Gasteiger partial charge in [0.15, 0.2) is 0 Å². The number of nitrogens with two attached hydrogens (primary N) is 1. The summed E-state index contributed by atoms with van der Waals surface area (Å²) in [6.07, 6.45) is 5.07. The van der Waals surface area contributed by atoms with Gasteiger partial charge in [-0.25, -0.2) is 0 Å².